The van der Waals surface area contributed by atoms with Crippen LogP contribution in [-0.4, -0.2) is 62.0 Å². The Hall–Kier alpha value is -1.43. The molecule has 3 N–H and O–H groups in total. The minimum Gasteiger partial charge on any atom is -0.352 e. The lowest BCUT2D eigenvalue weighted by molar-refractivity contribution is 0.0951. The molecule has 1 aromatic rings. The van der Waals surface area contributed by atoms with E-state index >= 15 is 0 Å². The monoisotopic (exact) mass is 304 g/mol. The number of benzene rings is 1. The molecule has 0 saturated carbocycles. The number of hydrogen-bond acceptors (Lipinski definition) is 4. The van der Waals surface area contributed by atoms with Crippen LogP contribution in [0.5, 0.6) is 0 Å². The second-order valence-electron chi connectivity index (χ2n) is 5.97. The molecular weight excluding hydrogens is 276 g/mol. The molecule has 1 saturated heterocycles. The van der Waals surface area contributed by atoms with Crippen molar-refractivity contribution in [3.8, 4) is 0 Å². The molecule has 1 fully saturated rings. The first-order valence-corrected chi connectivity index (χ1v) is 8.18. The third kappa shape index (κ3) is 5.09. The van der Waals surface area contributed by atoms with Gasteiger partial charge in [-0.3, -0.25) is 4.79 Å². The highest BCUT2D eigenvalue weighted by Crippen LogP contribution is 2.07. The van der Waals surface area contributed by atoms with Crippen LogP contribution in [0.3, 0.4) is 0 Å². The van der Waals surface area contributed by atoms with Crippen LogP contribution in [0.25, 0.3) is 0 Å². The number of piperazine rings is 1. The fourth-order valence-electron chi connectivity index (χ4n) is 2.75. The molecule has 122 valence electrons. The van der Waals surface area contributed by atoms with Gasteiger partial charge in [0.2, 0.25) is 0 Å². The molecule has 1 heterocycles. The normalized spacial score (nSPS) is 16.6. The lowest BCUT2D eigenvalue weighted by atomic mass is 10.1. The van der Waals surface area contributed by atoms with Crippen LogP contribution in [-0.2, 0) is 6.54 Å². The highest BCUT2D eigenvalue weighted by molar-refractivity contribution is 5.95. The van der Waals surface area contributed by atoms with Gasteiger partial charge in [-0.15, -0.1) is 0 Å². The van der Waals surface area contributed by atoms with Crippen LogP contribution in [0.15, 0.2) is 24.3 Å². The van der Waals surface area contributed by atoms with Crippen LogP contribution in [0.4, 0.5) is 0 Å². The summed E-state index contributed by atoms with van der Waals surface area (Å²) in [4.78, 5) is 17.0. The van der Waals surface area contributed by atoms with Gasteiger partial charge in [0.1, 0.15) is 0 Å². The highest BCUT2D eigenvalue weighted by atomic mass is 16.1. The Bertz CT molecular complexity index is 469. The van der Waals surface area contributed by atoms with Crippen LogP contribution in [0.2, 0.25) is 0 Å². The lowest BCUT2D eigenvalue weighted by Crippen LogP contribution is -2.44. The van der Waals surface area contributed by atoms with Gasteiger partial charge in [0, 0.05) is 44.8 Å². The average molecular weight is 304 g/mol. The van der Waals surface area contributed by atoms with Crippen molar-refractivity contribution >= 4 is 5.91 Å². The molecule has 0 aliphatic carbocycles. The summed E-state index contributed by atoms with van der Waals surface area (Å²) < 4.78 is 0. The second kappa shape index (κ2) is 8.88. The van der Waals surface area contributed by atoms with Crippen LogP contribution < -0.4 is 11.1 Å². The first-order valence-electron chi connectivity index (χ1n) is 8.18. The van der Waals surface area contributed by atoms with E-state index in [1.54, 1.807) is 0 Å². The highest BCUT2D eigenvalue weighted by Gasteiger charge is 2.13. The first kappa shape index (κ1) is 16.9. The molecular formula is C17H28N4O. The van der Waals surface area contributed by atoms with E-state index in [2.05, 4.69) is 22.2 Å². The number of nitrogens with two attached hydrogens (primary N) is 1. The van der Waals surface area contributed by atoms with Crippen molar-refractivity contribution in [2.45, 2.75) is 19.4 Å². The molecule has 0 bridgehead atoms. The van der Waals surface area contributed by atoms with Crippen molar-refractivity contribution in [1.29, 1.82) is 0 Å². The first-order chi connectivity index (χ1) is 10.7. The molecule has 1 aliphatic heterocycles. The maximum atomic E-state index is 12.1. The Labute approximate surface area is 133 Å². The van der Waals surface area contributed by atoms with Gasteiger partial charge in [-0.05, 0) is 38.1 Å². The standard InChI is InChI=1S/C17H28N4O/c1-20-10-12-21(13-11-20)9-5-4-8-19-17(22)16-7-3-2-6-15(16)14-18/h2-3,6-7H,4-5,8-14,18H2,1H3,(H,19,22). The fraction of sp³-hybridized carbons (Fsp3) is 0.588. The van der Waals surface area contributed by atoms with Gasteiger partial charge in [0.15, 0.2) is 0 Å². The third-order valence-corrected chi connectivity index (χ3v) is 4.26. The largest absolute Gasteiger partial charge is 0.352 e. The number of nitrogens with one attached hydrogen (secondary N) is 1. The zero-order valence-electron chi connectivity index (χ0n) is 13.6. The Kier molecular flexibility index (Phi) is 6.83. The van der Waals surface area contributed by atoms with Crippen LogP contribution >= 0.6 is 0 Å². The number of nitrogens with zero attached hydrogens (tertiary/aromatic N) is 2. The average Bonchev–Trinajstić information content (AvgIpc) is 2.56. The molecule has 1 aliphatic rings. The number of unbranched alkanes of at least 4 members (excludes halogenated alkanes) is 1. The predicted molar refractivity (Wildman–Crippen MR) is 89.8 cm³/mol. The van der Waals surface area contributed by atoms with Gasteiger partial charge in [-0.2, -0.15) is 0 Å². The second-order valence-corrected chi connectivity index (χ2v) is 5.97. The topological polar surface area (TPSA) is 61.6 Å². The summed E-state index contributed by atoms with van der Waals surface area (Å²) in [5, 5.41) is 3.00. The summed E-state index contributed by atoms with van der Waals surface area (Å²) in [6, 6.07) is 7.53. The summed E-state index contributed by atoms with van der Waals surface area (Å²) >= 11 is 0. The SMILES string of the molecule is CN1CCN(CCCCNC(=O)c2ccccc2CN)CC1. The Morgan fingerprint density at radius 1 is 1.18 bits per heavy atom. The van der Waals surface area contributed by atoms with Crippen molar-refractivity contribution in [2.75, 3.05) is 46.3 Å². The maximum Gasteiger partial charge on any atom is 0.251 e. The van der Waals surface area contributed by atoms with Crippen LogP contribution in [0.1, 0.15) is 28.8 Å². The molecule has 0 atom stereocenters. The number of likely N-dealkylation sites (N-methyl/N-ethyl adjacent to an activating group) is 1. The summed E-state index contributed by atoms with van der Waals surface area (Å²) in [6.07, 6.45) is 2.14. The molecule has 0 spiro atoms. The molecule has 22 heavy (non-hydrogen) atoms. The fourth-order valence-corrected chi connectivity index (χ4v) is 2.75. The van der Waals surface area contributed by atoms with Crippen molar-refractivity contribution in [3.63, 3.8) is 0 Å². The number of carbonyl (C=O) groups excluding carboxylic acids is 1. The van der Waals surface area contributed by atoms with E-state index in [9.17, 15) is 4.79 Å². The van der Waals surface area contributed by atoms with E-state index in [0.717, 1.165) is 57.7 Å². The molecule has 1 amide bonds. The zero-order chi connectivity index (χ0) is 15.8. The zero-order valence-corrected chi connectivity index (χ0v) is 13.6. The summed E-state index contributed by atoms with van der Waals surface area (Å²) in [6.45, 7) is 6.89. The van der Waals surface area contributed by atoms with Gasteiger partial charge in [-0.25, -0.2) is 0 Å². The van der Waals surface area contributed by atoms with Crippen LogP contribution in [0, 0.1) is 0 Å². The molecule has 0 unspecified atom stereocenters. The van der Waals surface area contributed by atoms with E-state index < -0.39 is 0 Å². The van der Waals surface area contributed by atoms with Gasteiger partial charge in [0.05, 0.1) is 0 Å². The van der Waals surface area contributed by atoms with Crippen molar-refractivity contribution in [1.82, 2.24) is 15.1 Å². The molecule has 0 radical (unpaired) electrons. The van der Waals surface area contributed by atoms with Crippen molar-refractivity contribution in [2.24, 2.45) is 5.73 Å². The summed E-state index contributed by atoms with van der Waals surface area (Å²) in [5.41, 5.74) is 7.27. The van der Waals surface area contributed by atoms with E-state index in [-0.39, 0.29) is 5.91 Å². The lowest BCUT2D eigenvalue weighted by Gasteiger charge is -2.32. The van der Waals surface area contributed by atoms with Crippen molar-refractivity contribution in [3.05, 3.63) is 35.4 Å². The molecule has 5 nitrogen and oxygen atoms in total. The Morgan fingerprint density at radius 2 is 1.91 bits per heavy atom. The van der Waals surface area contributed by atoms with Gasteiger partial charge >= 0.3 is 0 Å². The van der Waals surface area contributed by atoms with E-state index in [4.69, 9.17) is 5.73 Å². The maximum absolute atomic E-state index is 12.1. The van der Waals surface area contributed by atoms with E-state index in [1.165, 1.54) is 0 Å². The minimum absolute atomic E-state index is 0.0133. The minimum atomic E-state index is -0.0133. The number of carbonyl (C=O) groups is 1. The summed E-state index contributed by atoms with van der Waals surface area (Å²) in [7, 11) is 2.17. The predicted octanol–water partition coefficient (Wildman–Crippen LogP) is 0.903. The Balaban J connectivity index is 1.63. The van der Waals surface area contributed by atoms with Gasteiger partial charge in [-0.1, -0.05) is 18.2 Å². The summed E-state index contributed by atoms with van der Waals surface area (Å²) in [5.74, 6) is -0.0133. The van der Waals surface area contributed by atoms with Gasteiger partial charge < -0.3 is 20.9 Å². The number of hydrogen-bond donors (Lipinski definition) is 2. The molecule has 2 rings (SSSR count). The smallest absolute Gasteiger partial charge is 0.251 e. The quantitative estimate of drug-likeness (QED) is 0.735. The van der Waals surface area contributed by atoms with E-state index in [0.29, 0.717) is 12.1 Å². The third-order valence-electron chi connectivity index (χ3n) is 4.26. The number of rotatable bonds is 7. The molecule has 0 aromatic heterocycles. The molecule has 5 heteroatoms. The molecule has 1 aromatic carbocycles. The van der Waals surface area contributed by atoms with Crippen molar-refractivity contribution < 1.29 is 4.79 Å². The van der Waals surface area contributed by atoms with E-state index in [1.807, 2.05) is 24.3 Å². The number of amides is 1. The van der Waals surface area contributed by atoms with Gasteiger partial charge in [0.25, 0.3) is 5.91 Å². The Morgan fingerprint density at radius 3 is 2.64 bits per heavy atom.